The first kappa shape index (κ1) is 14.4. The first-order valence-electron chi connectivity index (χ1n) is 7.27. The number of fused-ring (bicyclic) bond motifs is 1. The molecule has 0 unspecified atom stereocenters. The van der Waals surface area contributed by atoms with Crippen LogP contribution in [0.3, 0.4) is 0 Å². The minimum atomic E-state index is -2.63. The number of hydrogen-bond acceptors (Lipinski definition) is 4. The summed E-state index contributed by atoms with van der Waals surface area (Å²) in [5.74, 6) is 0.564. The van der Waals surface area contributed by atoms with Gasteiger partial charge in [-0.25, -0.2) is 8.78 Å². The molecule has 0 radical (unpaired) electrons. The molecule has 0 aliphatic carbocycles. The first-order chi connectivity index (χ1) is 10.1. The normalized spacial score (nSPS) is 26.0. The molecule has 6 nitrogen and oxygen atoms in total. The van der Waals surface area contributed by atoms with Gasteiger partial charge in [-0.3, -0.25) is 4.79 Å². The number of rotatable bonds is 2. The van der Waals surface area contributed by atoms with Crippen LogP contribution in [0.4, 0.5) is 8.78 Å². The van der Waals surface area contributed by atoms with Crippen molar-refractivity contribution in [1.82, 2.24) is 25.0 Å². The van der Waals surface area contributed by atoms with Crippen molar-refractivity contribution >= 4 is 5.91 Å². The largest absolute Gasteiger partial charge is 0.333 e. The topological polar surface area (TPSA) is 63.1 Å². The number of hydrogen-bond donors (Lipinski definition) is 1. The van der Waals surface area contributed by atoms with E-state index >= 15 is 0 Å². The minimum Gasteiger partial charge on any atom is -0.333 e. The lowest BCUT2D eigenvalue weighted by Crippen LogP contribution is -2.47. The van der Waals surface area contributed by atoms with E-state index in [-0.39, 0.29) is 24.2 Å². The van der Waals surface area contributed by atoms with Crippen LogP contribution in [0.5, 0.6) is 0 Å². The highest BCUT2D eigenvalue weighted by Crippen LogP contribution is 2.25. The van der Waals surface area contributed by atoms with Crippen molar-refractivity contribution in [2.75, 3.05) is 19.6 Å². The van der Waals surface area contributed by atoms with Crippen LogP contribution in [-0.4, -0.2) is 45.2 Å². The lowest BCUT2D eigenvalue weighted by molar-refractivity contribution is -0.139. The average molecular weight is 299 g/mol. The maximum atomic E-state index is 12.8. The molecule has 1 aromatic rings. The van der Waals surface area contributed by atoms with Gasteiger partial charge in [0.15, 0.2) is 11.6 Å². The number of halogens is 2. The fourth-order valence-corrected chi connectivity index (χ4v) is 3.15. The standard InChI is InChI=1S/C13H19F2N5O/c1-8-6-16-3-2-9(8)13(21)19-4-5-20-10(7-19)17-18-12(20)11(14)15/h8-9,11,16H,2-7H2,1H3/t8-,9+/m1/s1. The molecular formula is C13H19F2N5O. The van der Waals surface area contributed by atoms with Gasteiger partial charge in [0, 0.05) is 19.0 Å². The number of nitrogens with one attached hydrogen (secondary N) is 1. The second-order valence-corrected chi connectivity index (χ2v) is 5.76. The van der Waals surface area contributed by atoms with Gasteiger partial charge in [-0.05, 0) is 25.4 Å². The van der Waals surface area contributed by atoms with Crippen LogP contribution in [0.2, 0.25) is 0 Å². The zero-order valence-corrected chi connectivity index (χ0v) is 11.9. The van der Waals surface area contributed by atoms with Gasteiger partial charge in [-0.15, -0.1) is 10.2 Å². The molecule has 2 aliphatic rings. The highest BCUT2D eigenvalue weighted by molar-refractivity contribution is 5.79. The van der Waals surface area contributed by atoms with Crippen LogP contribution in [-0.2, 0) is 17.9 Å². The predicted octanol–water partition coefficient (Wildman–Crippen LogP) is 0.803. The van der Waals surface area contributed by atoms with Crippen LogP contribution in [0, 0.1) is 11.8 Å². The second-order valence-electron chi connectivity index (χ2n) is 5.76. The summed E-state index contributed by atoms with van der Waals surface area (Å²) < 4.78 is 27.0. The molecule has 21 heavy (non-hydrogen) atoms. The fourth-order valence-electron chi connectivity index (χ4n) is 3.15. The van der Waals surface area contributed by atoms with Gasteiger partial charge >= 0.3 is 0 Å². The molecule has 1 amide bonds. The molecular weight excluding hydrogens is 280 g/mol. The van der Waals surface area contributed by atoms with Crippen LogP contribution in [0.25, 0.3) is 0 Å². The van der Waals surface area contributed by atoms with E-state index in [1.165, 1.54) is 4.57 Å². The van der Waals surface area contributed by atoms with Gasteiger partial charge < -0.3 is 14.8 Å². The molecule has 2 atom stereocenters. The lowest BCUT2D eigenvalue weighted by Gasteiger charge is -2.35. The lowest BCUT2D eigenvalue weighted by atomic mass is 9.86. The SMILES string of the molecule is C[C@@H]1CNCC[C@@H]1C(=O)N1CCn2c(nnc2C(F)F)C1. The number of amides is 1. The molecule has 3 rings (SSSR count). The van der Waals surface area contributed by atoms with Crippen molar-refractivity contribution in [2.45, 2.75) is 32.9 Å². The third-order valence-electron chi connectivity index (χ3n) is 4.39. The maximum absolute atomic E-state index is 12.8. The van der Waals surface area contributed by atoms with Crippen molar-refractivity contribution in [3.05, 3.63) is 11.6 Å². The molecule has 1 fully saturated rings. The third-order valence-corrected chi connectivity index (χ3v) is 4.39. The maximum Gasteiger partial charge on any atom is 0.297 e. The number of carbonyl (C=O) groups is 1. The van der Waals surface area contributed by atoms with Crippen LogP contribution >= 0.6 is 0 Å². The summed E-state index contributed by atoms with van der Waals surface area (Å²) in [4.78, 5) is 14.3. The summed E-state index contributed by atoms with van der Waals surface area (Å²) in [5, 5.41) is 10.6. The van der Waals surface area contributed by atoms with E-state index in [1.54, 1.807) is 4.90 Å². The van der Waals surface area contributed by atoms with Crippen LogP contribution in [0.15, 0.2) is 0 Å². The van der Waals surface area contributed by atoms with Gasteiger partial charge in [0.05, 0.1) is 6.54 Å². The van der Waals surface area contributed by atoms with Crippen molar-refractivity contribution in [3.8, 4) is 0 Å². The highest BCUT2D eigenvalue weighted by atomic mass is 19.3. The second kappa shape index (κ2) is 5.67. The highest BCUT2D eigenvalue weighted by Gasteiger charge is 2.34. The molecule has 0 saturated carbocycles. The molecule has 1 N–H and O–H groups in total. The van der Waals surface area contributed by atoms with Crippen molar-refractivity contribution in [1.29, 1.82) is 0 Å². The van der Waals surface area contributed by atoms with E-state index in [2.05, 4.69) is 22.4 Å². The number of alkyl halides is 2. The van der Waals surface area contributed by atoms with Gasteiger partial charge in [-0.2, -0.15) is 0 Å². The van der Waals surface area contributed by atoms with Crippen molar-refractivity contribution < 1.29 is 13.6 Å². The Kier molecular flexibility index (Phi) is 3.88. The number of nitrogens with zero attached hydrogens (tertiary/aromatic N) is 4. The molecule has 116 valence electrons. The van der Waals surface area contributed by atoms with Gasteiger partial charge in [0.25, 0.3) is 6.43 Å². The van der Waals surface area contributed by atoms with E-state index in [9.17, 15) is 13.6 Å². The Morgan fingerprint density at radius 2 is 2.19 bits per heavy atom. The summed E-state index contributed by atoms with van der Waals surface area (Å²) in [6.45, 7) is 4.81. The molecule has 1 aromatic heterocycles. The smallest absolute Gasteiger partial charge is 0.297 e. The number of aromatic nitrogens is 3. The average Bonchev–Trinajstić information content (AvgIpc) is 2.90. The minimum absolute atomic E-state index is 0.00953. The van der Waals surface area contributed by atoms with E-state index < -0.39 is 6.43 Å². The summed E-state index contributed by atoms with van der Waals surface area (Å²) in [7, 11) is 0. The van der Waals surface area contributed by atoms with E-state index in [0.717, 1.165) is 19.5 Å². The molecule has 8 heteroatoms. The first-order valence-corrected chi connectivity index (χ1v) is 7.27. The summed E-state index contributed by atoms with van der Waals surface area (Å²) >= 11 is 0. The quantitative estimate of drug-likeness (QED) is 0.877. The molecule has 0 spiro atoms. The van der Waals surface area contributed by atoms with Gasteiger partial charge in [0.2, 0.25) is 5.91 Å². The van der Waals surface area contributed by atoms with E-state index in [4.69, 9.17) is 0 Å². The third kappa shape index (κ3) is 2.64. The monoisotopic (exact) mass is 299 g/mol. The Morgan fingerprint density at radius 3 is 2.90 bits per heavy atom. The Bertz CT molecular complexity index is 533. The summed E-state index contributed by atoms with van der Waals surface area (Å²) in [6.07, 6.45) is -1.80. The predicted molar refractivity (Wildman–Crippen MR) is 70.5 cm³/mol. The zero-order valence-electron chi connectivity index (χ0n) is 11.9. The Balaban J connectivity index is 1.72. The molecule has 0 aromatic carbocycles. The van der Waals surface area contributed by atoms with Crippen molar-refractivity contribution in [2.24, 2.45) is 11.8 Å². The molecule has 3 heterocycles. The van der Waals surface area contributed by atoms with Gasteiger partial charge in [-0.1, -0.05) is 6.92 Å². The van der Waals surface area contributed by atoms with Crippen LogP contribution < -0.4 is 5.32 Å². The van der Waals surface area contributed by atoms with Gasteiger partial charge in [0.1, 0.15) is 0 Å². The molecule has 0 bridgehead atoms. The van der Waals surface area contributed by atoms with E-state index in [1.807, 2.05) is 0 Å². The summed E-state index contributed by atoms with van der Waals surface area (Å²) in [6, 6.07) is 0. The van der Waals surface area contributed by atoms with Crippen LogP contribution in [0.1, 0.15) is 31.4 Å². The van der Waals surface area contributed by atoms with Crippen molar-refractivity contribution in [3.63, 3.8) is 0 Å². The Hall–Kier alpha value is -1.57. The number of piperidine rings is 1. The Morgan fingerprint density at radius 1 is 1.38 bits per heavy atom. The molecule has 1 saturated heterocycles. The Labute approximate surface area is 121 Å². The zero-order chi connectivity index (χ0) is 15.0. The fraction of sp³-hybridized carbons (Fsp3) is 0.769. The van der Waals surface area contributed by atoms with E-state index in [0.29, 0.717) is 24.8 Å². The summed E-state index contributed by atoms with van der Waals surface area (Å²) in [5.41, 5.74) is 0. The number of carbonyl (C=O) groups excluding carboxylic acids is 1. The molecule has 2 aliphatic heterocycles.